The van der Waals surface area contributed by atoms with Gasteiger partial charge in [0.15, 0.2) is 0 Å². The van der Waals surface area contributed by atoms with Gasteiger partial charge in [-0.3, -0.25) is 0 Å². The molecule has 0 aromatic heterocycles. The summed E-state index contributed by atoms with van der Waals surface area (Å²) in [6.07, 6.45) is 0. The minimum Gasteiger partial charge on any atom is -0.478 e. The maximum Gasteiger partial charge on any atom is 0.361 e. The molecule has 0 aliphatic heterocycles. The molecule has 8 nitrogen and oxygen atoms in total. The number of hydrogen-bond donors (Lipinski definition) is 2. The summed E-state index contributed by atoms with van der Waals surface area (Å²) in [4.78, 5) is 22.1. The third kappa shape index (κ3) is 3.02. The quantitative estimate of drug-likeness (QED) is 0.660. The Morgan fingerprint density at radius 1 is 1.06 bits per heavy atom. The fourth-order valence-corrected chi connectivity index (χ4v) is 1.11. The Bertz CT molecular complexity index is 356. The van der Waals surface area contributed by atoms with Gasteiger partial charge in [0, 0.05) is 20.1 Å². The van der Waals surface area contributed by atoms with E-state index in [0.29, 0.717) is 0 Å². The second kappa shape index (κ2) is 5.87. The van der Waals surface area contributed by atoms with Crippen LogP contribution in [0.3, 0.4) is 0 Å². The number of hydrogen-bond acceptors (Lipinski definition) is 6. The van der Waals surface area contributed by atoms with E-state index in [1.165, 1.54) is 0 Å². The van der Waals surface area contributed by atoms with E-state index in [1.54, 1.807) is 13.8 Å². The molecule has 8 heteroatoms. The number of rotatable bonds is 7. The van der Waals surface area contributed by atoms with Crippen molar-refractivity contribution in [3.8, 4) is 0 Å². The third-order valence-electron chi connectivity index (χ3n) is 2.58. The molecule has 0 heterocycles. The minimum absolute atomic E-state index is 0.543. The van der Waals surface area contributed by atoms with Crippen molar-refractivity contribution in [1.82, 2.24) is 0 Å². The standard InChI is InChI=1S/C10H18N2O6/c1-6(2)10(18-5,8(15)16)12-11-9(3,17-4)7(13)14/h6H,1-5H3,(H,13,14)(H,15,16)/b12-11+. The average Bonchev–Trinajstić information content (AvgIpc) is 2.28. The number of azo groups is 1. The molecule has 2 atom stereocenters. The Labute approximate surface area is 105 Å². The van der Waals surface area contributed by atoms with Crippen molar-refractivity contribution in [2.24, 2.45) is 16.1 Å². The van der Waals surface area contributed by atoms with E-state index in [4.69, 9.17) is 19.7 Å². The number of methoxy groups -OCH3 is 2. The number of carbonyl (C=O) groups is 2. The molecule has 2 N–H and O–H groups in total. The summed E-state index contributed by atoms with van der Waals surface area (Å²) in [6.45, 7) is 4.30. The molecule has 0 rings (SSSR count). The summed E-state index contributed by atoms with van der Waals surface area (Å²) in [5.41, 5.74) is -3.89. The molecule has 18 heavy (non-hydrogen) atoms. The number of aliphatic carboxylic acids is 2. The molecule has 0 fully saturated rings. The van der Waals surface area contributed by atoms with Gasteiger partial charge in [-0.15, -0.1) is 10.2 Å². The van der Waals surface area contributed by atoms with Gasteiger partial charge in [0.2, 0.25) is 0 Å². The van der Waals surface area contributed by atoms with Crippen LogP contribution in [0.1, 0.15) is 20.8 Å². The van der Waals surface area contributed by atoms with Gasteiger partial charge >= 0.3 is 11.9 Å². The third-order valence-corrected chi connectivity index (χ3v) is 2.58. The Hall–Kier alpha value is -1.54. The van der Waals surface area contributed by atoms with Crippen molar-refractivity contribution >= 4 is 11.9 Å². The first kappa shape index (κ1) is 16.5. The van der Waals surface area contributed by atoms with E-state index in [-0.39, 0.29) is 0 Å². The minimum atomic E-state index is -1.95. The van der Waals surface area contributed by atoms with Crippen LogP contribution >= 0.6 is 0 Å². The fourth-order valence-electron chi connectivity index (χ4n) is 1.11. The number of nitrogens with zero attached hydrogens (tertiary/aromatic N) is 2. The molecule has 0 aliphatic carbocycles. The van der Waals surface area contributed by atoms with E-state index in [9.17, 15) is 9.59 Å². The molecule has 0 bridgehead atoms. The fraction of sp³-hybridized carbons (Fsp3) is 0.800. The maximum absolute atomic E-state index is 11.2. The Morgan fingerprint density at radius 3 is 1.78 bits per heavy atom. The van der Waals surface area contributed by atoms with Gasteiger partial charge < -0.3 is 19.7 Å². The number of carboxylic acid groups (broad SMARTS) is 2. The molecule has 0 saturated heterocycles. The molecular weight excluding hydrogens is 244 g/mol. The number of carboxylic acids is 2. The molecular formula is C10H18N2O6. The maximum atomic E-state index is 11.2. The Balaban J connectivity index is 5.47. The van der Waals surface area contributed by atoms with Crippen molar-refractivity contribution in [3.63, 3.8) is 0 Å². The summed E-state index contributed by atoms with van der Waals surface area (Å²) in [5, 5.41) is 25.0. The zero-order valence-corrected chi connectivity index (χ0v) is 11.0. The molecule has 2 unspecified atom stereocenters. The lowest BCUT2D eigenvalue weighted by Gasteiger charge is -2.27. The first-order valence-electron chi connectivity index (χ1n) is 5.17. The smallest absolute Gasteiger partial charge is 0.361 e. The highest BCUT2D eigenvalue weighted by molar-refractivity contribution is 5.78. The predicted octanol–water partition coefficient (Wildman–Crippen LogP) is 0.969. The van der Waals surface area contributed by atoms with Crippen LogP contribution in [-0.2, 0) is 19.1 Å². The zero-order chi connectivity index (χ0) is 14.6. The van der Waals surface area contributed by atoms with Gasteiger partial charge in [0.05, 0.1) is 0 Å². The SMILES string of the molecule is COC(C)(/N=N/C(OC)(C(=O)O)C(C)C)C(=O)O. The highest BCUT2D eigenvalue weighted by Gasteiger charge is 2.44. The second-order valence-corrected chi connectivity index (χ2v) is 4.05. The van der Waals surface area contributed by atoms with E-state index < -0.39 is 29.3 Å². The van der Waals surface area contributed by atoms with E-state index in [1.807, 2.05) is 0 Å². The molecule has 0 aliphatic rings. The second-order valence-electron chi connectivity index (χ2n) is 4.05. The van der Waals surface area contributed by atoms with Gasteiger partial charge in [-0.05, 0) is 6.92 Å². The highest BCUT2D eigenvalue weighted by Crippen LogP contribution is 2.26. The van der Waals surface area contributed by atoms with Crippen molar-refractivity contribution in [1.29, 1.82) is 0 Å². The van der Waals surface area contributed by atoms with Crippen LogP contribution in [-0.4, -0.2) is 47.8 Å². The van der Waals surface area contributed by atoms with Gasteiger partial charge in [-0.1, -0.05) is 13.8 Å². The number of ether oxygens (including phenoxy) is 2. The van der Waals surface area contributed by atoms with Crippen LogP contribution in [0.5, 0.6) is 0 Å². The summed E-state index contributed by atoms with van der Waals surface area (Å²) in [7, 11) is 2.30. The summed E-state index contributed by atoms with van der Waals surface area (Å²) >= 11 is 0. The molecule has 104 valence electrons. The normalized spacial score (nSPS) is 18.6. The van der Waals surface area contributed by atoms with Gasteiger partial charge in [-0.2, -0.15) is 0 Å². The molecule has 0 aromatic carbocycles. The molecule has 0 radical (unpaired) electrons. The topological polar surface area (TPSA) is 118 Å². The summed E-state index contributed by atoms with van der Waals surface area (Å²) < 4.78 is 9.56. The van der Waals surface area contributed by atoms with Crippen LogP contribution in [0, 0.1) is 5.92 Å². The first-order chi connectivity index (χ1) is 8.16. The van der Waals surface area contributed by atoms with Gasteiger partial charge in [0.25, 0.3) is 11.4 Å². The Kier molecular flexibility index (Phi) is 5.37. The lowest BCUT2D eigenvalue weighted by atomic mass is 10.0. The largest absolute Gasteiger partial charge is 0.478 e. The molecule has 0 spiro atoms. The highest BCUT2D eigenvalue weighted by atomic mass is 16.5. The van der Waals surface area contributed by atoms with Crippen molar-refractivity contribution in [3.05, 3.63) is 0 Å². The lowest BCUT2D eigenvalue weighted by Crippen LogP contribution is -2.45. The molecule has 0 amide bonds. The van der Waals surface area contributed by atoms with Gasteiger partial charge in [0.1, 0.15) is 0 Å². The first-order valence-corrected chi connectivity index (χ1v) is 5.17. The summed E-state index contributed by atoms with van der Waals surface area (Å²) in [6, 6.07) is 0. The molecule has 0 aromatic rings. The Morgan fingerprint density at radius 2 is 1.56 bits per heavy atom. The van der Waals surface area contributed by atoms with Gasteiger partial charge in [-0.25, -0.2) is 9.59 Å². The van der Waals surface area contributed by atoms with Crippen LogP contribution in [0.4, 0.5) is 0 Å². The predicted molar refractivity (Wildman–Crippen MR) is 60.1 cm³/mol. The zero-order valence-electron chi connectivity index (χ0n) is 11.0. The van der Waals surface area contributed by atoms with E-state index >= 15 is 0 Å². The van der Waals surface area contributed by atoms with E-state index in [0.717, 1.165) is 21.1 Å². The van der Waals surface area contributed by atoms with Crippen molar-refractivity contribution in [2.75, 3.05) is 14.2 Å². The van der Waals surface area contributed by atoms with Crippen LogP contribution < -0.4 is 0 Å². The van der Waals surface area contributed by atoms with Crippen LogP contribution in [0.15, 0.2) is 10.2 Å². The molecule has 0 saturated carbocycles. The van der Waals surface area contributed by atoms with E-state index in [2.05, 4.69) is 10.2 Å². The lowest BCUT2D eigenvalue weighted by molar-refractivity contribution is -0.171. The van der Waals surface area contributed by atoms with Crippen LogP contribution in [0.2, 0.25) is 0 Å². The average molecular weight is 262 g/mol. The van der Waals surface area contributed by atoms with Crippen molar-refractivity contribution < 1.29 is 29.3 Å². The van der Waals surface area contributed by atoms with Crippen LogP contribution in [0.25, 0.3) is 0 Å². The summed E-state index contributed by atoms with van der Waals surface area (Å²) in [5.74, 6) is -3.28. The monoisotopic (exact) mass is 262 g/mol. The van der Waals surface area contributed by atoms with Crippen molar-refractivity contribution in [2.45, 2.75) is 32.2 Å².